The van der Waals surface area contributed by atoms with Crippen molar-refractivity contribution in [3.8, 4) is 0 Å². The van der Waals surface area contributed by atoms with E-state index in [1.807, 2.05) is 54.6 Å². The van der Waals surface area contributed by atoms with Gasteiger partial charge in [-0.3, -0.25) is 14.5 Å². The largest absolute Gasteiger partial charge is 0.300 e. The molecule has 0 aromatic heterocycles. The first-order valence-electron chi connectivity index (χ1n) is 9.38. The summed E-state index contributed by atoms with van der Waals surface area (Å²) in [6.07, 6.45) is 1.01. The van der Waals surface area contributed by atoms with Crippen molar-refractivity contribution < 1.29 is 14.0 Å². The lowest BCUT2D eigenvalue weighted by Gasteiger charge is -2.37. The lowest BCUT2D eigenvalue weighted by molar-refractivity contribution is 0.0931. The summed E-state index contributed by atoms with van der Waals surface area (Å²) in [7, 11) is 0. The molecule has 28 heavy (non-hydrogen) atoms. The van der Waals surface area contributed by atoms with Crippen molar-refractivity contribution in [3.63, 3.8) is 0 Å². The molecular formula is C24H20FNO2. The van der Waals surface area contributed by atoms with Gasteiger partial charge >= 0.3 is 0 Å². The van der Waals surface area contributed by atoms with Crippen LogP contribution in [0.2, 0.25) is 0 Å². The molecule has 4 rings (SSSR count). The molecule has 3 aromatic carbocycles. The lowest BCUT2D eigenvalue weighted by atomic mass is 9.89. The fraction of sp³-hybridized carbons (Fsp3) is 0.167. The molecule has 1 aliphatic heterocycles. The zero-order chi connectivity index (χ0) is 19.7. The van der Waals surface area contributed by atoms with Gasteiger partial charge in [-0.05, 0) is 47.9 Å². The molecule has 4 heteroatoms. The highest BCUT2D eigenvalue weighted by Crippen LogP contribution is 2.39. The van der Waals surface area contributed by atoms with Crippen LogP contribution in [-0.4, -0.2) is 11.7 Å². The molecule has 1 aliphatic rings. The standard InChI is InChI=1S/C24H20FNO2/c1-2-16-8-10-18(11-9-16)24(28)26-21-13-12-19(25)14-20(21)23(27)15-22(26)17-6-4-3-5-7-17/h3-14,22H,2,15H2,1H3. The van der Waals surface area contributed by atoms with Crippen molar-refractivity contribution in [2.75, 3.05) is 4.90 Å². The number of fused-ring (bicyclic) bond motifs is 1. The number of ketones is 1. The van der Waals surface area contributed by atoms with E-state index < -0.39 is 11.9 Å². The highest BCUT2D eigenvalue weighted by molar-refractivity contribution is 6.14. The summed E-state index contributed by atoms with van der Waals surface area (Å²) in [6, 6.07) is 20.6. The normalized spacial score (nSPS) is 16.0. The molecule has 140 valence electrons. The van der Waals surface area contributed by atoms with Crippen LogP contribution in [0.3, 0.4) is 0 Å². The number of hydrogen-bond donors (Lipinski definition) is 0. The first-order chi connectivity index (χ1) is 13.6. The molecule has 0 saturated heterocycles. The summed E-state index contributed by atoms with van der Waals surface area (Å²) in [4.78, 5) is 27.8. The average molecular weight is 373 g/mol. The van der Waals surface area contributed by atoms with Gasteiger partial charge in [0.15, 0.2) is 5.78 Å². The second-order valence-electron chi connectivity index (χ2n) is 6.94. The number of nitrogens with zero attached hydrogens (tertiary/aromatic N) is 1. The Morgan fingerprint density at radius 2 is 1.75 bits per heavy atom. The smallest absolute Gasteiger partial charge is 0.258 e. The quantitative estimate of drug-likeness (QED) is 0.619. The van der Waals surface area contributed by atoms with Crippen molar-refractivity contribution >= 4 is 17.4 Å². The molecular weight excluding hydrogens is 353 g/mol. The molecule has 0 saturated carbocycles. The van der Waals surface area contributed by atoms with Crippen LogP contribution in [-0.2, 0) is 6.42 Å². The fourth-order valence-corrected chi connectivity index (χ4v) is 3.70. The van der Waals surface area contributed by atoms with Gasteiger partial charge in [-0.1, -0.05) is 49.4 Å². The Kier molecular flexibility index (Phi) is 4.78. The predicted molar refractivity (Wildman–Crippen MR) is 107 cm³/mol. The van der Waals surface area contributed by atoms with Gasteiger partial charge in [-0.15, -0.1) is 0 Å². The Labute approximate surface area is 163 Å². The highest BCUT2D eigenvalue weighted by atomic mass is 19.1. The Hall–Kier alpha value is -3.27. The van der Waals surface area contributed by atoms with E-state index in [-0.39, 0.29) is 23.7 Å². The molecule has 1 atom stereocenters. The Morgan fingerprint density at radius 3 is 2.43 bits per heavy atom. The van der Waals surface area contributed by atoms with E-state index in [2.05, 4.69) is 6.92 Å². The summed E-state index contributed by atoms with van der Waals surface area (Å²) in [5.41, 5.74) is 3.28. The van der Waals surface area contributed by atoms with Gasteiger partial charge in [0.05, 0.1) is 11.7 Å². The highest BCUT2D eigenvalue weighted by Gasteiger charge is 2.36. The predicted octanol–water partition coefficient (Wildman–Crippen LogP) is 5.36. The second kappa shape index (κ2) is 7.39. The first-order valence-corrected chi connectivity index (χ1v) is 9.38. The number of Topliss-reactive ketones (excluding diaryl/α,β-unsaturated/α-hetero) is 1. The maximum absolute atomic E-state index is 13.8. The van der Waals surface area contributed by atoms with Crippen LogP contribution >= 0.6 is 0 Å². The fourth-order valence-electron chi connectivity index (χ4n) is 3.70. The van der Waals surface area contributed by atoms with Gasteiger partial charge in [-0.2, -0.15) is 0 Å². The van der Waals surface area contributed by atoms with E-state index in [1.165, 1.54) is 18.2 Å². The van der Waals surface area contributed by atoms with Crippen LogP contribution < -0.4 is 4.90 Å². The van der Waals surface area contributed by atoms with Crippen LogP contribution in [0.1, 0.15) is 51.2 Å². The van der Waals surface area contributed by atoms with Crippen LogP contribution in [0.5, 0.6) is 0 Å². The van der Waals surface area contributed by atoms with E-state index in [4.69, 9.17) is 0 Å². The van der Waals surface area contributed by atoms with E-state index in [9.17, 15) is 14.0 Å². The average Bonchev–Trinajstić information content (AvgIpc) is 2.74. The number of anilines is 1. The number of hydrogen-bond acceptors (Lipinski definition) is 2. The van der Waals surface area contributed by atoms with Gasteiger partial charge in [0.2, 0.25) is 0 Å². The molecule has 1 unspecified atom stereocenters. The molecule has 3 aromatic rings. The number of amides is 1. The van der Waals surface area contributed by atoms with Crippen LogP contribution in [0.25, 0.3) is 0 Å². The minimum Gasteiger partial charge on any atom is -0.300 e. The van der Waals surface area contributed by atoms with Crippen LogP contribution in [0.4, 0.5) is 10.1 Å². The third-order valence-electron chi connectivity index (χ3n) is 5.22. The minimum atomic E-state index is -0.482. The minimum absolute atomic E-state index is 0.124. The zero-order valence-electron chi connectivity index (χ0n) is 15.6. The second-order valence-corrected chi connectivity index (χ2v) is 6.94. The maximum Gasteiger partial charge on any atom is 0.258 e. The summed E-state index contributed by atoms with van der Waals surface area (Å²) >= 11 is 0. The van der Waals surface area contributed by atoms with Gasteiger partial charge in [0, 0.05) is 17.5 Å². The van der Waals surface area contributed by atoms with Gasteiger partial charge < -0.3 is 0 Å². The number of halogens is 1. The number of benzene rings is 3. The topological polar surface area (TPSA) is 37.4 Å². The number of aryl methyl sites for hydroxylation is 1. The van der Waals surface area contributed by atoms with Crippen molar-refractivity contribution in [1.29, 1.82) is 0 Å². The van der Waals surface area contributed by atoms with E-state index in [0.29, 0.717) is 11.3 Å². The van der Waals surface area contributed by atoms with E-state index >= 15 is 0 Å². The van der Waals surface area contributed by atoms with Gasteiger partial charge in [0.1, 0.15) is 5.82 Å². The molecule has 0 radical (unpaired) electrons. The molecule has 1 heterocycles. The molecule has 0 aliphatic carbocycles. The summed E-state index contributed by atoms with van der Waals surface area (Å²) in [5.74, 6) is -0.837. The van der Waals surface area contributed by atoms with Crippen molar-refractivity contribution in [2.45, 2.75) is 25.8 Å². The summed E-state index contributed by atoms with van der Waals surface area (Å²) in [5, 5.41) is 0. The maximum atomic E-state index is 13.8. The lowest BCUT2D eigenvalue weighted by Crippen LogP contribution is -2.40. The van der Waals surface area contributed by atoms with E-state index in [0.717, 1.165) is 17.5 Å². The van der Waals surface area contributed by atoms with Crippen LogP contribution in [0, 0.1) is 5.82 Å². The molecule has 0 spiro atoms. The number of carbonyl (C=O) groups is 2. The van der Waals surface area contributed by atoms with Crippen molar-refractivity contribution in [2.24, 2.45) is 0 Å². The number of rotatable bonds is 3. The Morgan fingerprint density at radius 1 is 1.04 bits per heavy atom. The zero-order valence-corrected chi connectivity index (χ0v) is 15.6. The van der Waals surface area contributed by atoms with Crippen LogP contribution in [0.15, 0.2) is 72.8 Å². The Bertz CT molecular complexity index is 1030. The Balaban J connectivity index is 1.84. The SMILES string of the molecule is CCc1ccc(C(=O)N2c3ccc(F)cc3C(=O)CC2c2ccccc2)cc1. The molecule has 0 N–H and O–H groups in total. The van der Waals surface area contributed by atoms with E-state index in [1.54, 1.807) is 4.90 Å². The number of carbonyl (C=O) groups excluding carboxylic acids is 2. The van der Waals surface area contributed by atoms with Crippen molar-refractivity contribution in [3.05, 3.63) is 101 Å². The van der Waals surface area contributed by atoms with Crippen molar-refractivity contribution in [1.82, 2.24) is 0 Å². The summed E-state index contributed by atoms with van der Waals surface area (Å²) in [6.45, 7) is 2.06. The van der Waals surface area contributed by atoms with Gasteiger partial charge in [0.25, 0.3) is 5.91 Å². The summed E-state index contributed by atoms with van der Waals surface area (Å²) < 4.78 is 13.8. The molecule has 0 fully saturated rings. The molecule has 0 bridgehead atoms. The third-order valence-corrected chi connectivity index (χ3v) is 5.22. The monoisotopic (exact) mass is 373 g/mol. The first kappa shape index (κ1) is 18.1. The van der Waals surface area contributed by atoms with Gasteiger partial charge in [-0.25, -0.2) is 4.39 Å². The molecule has 3 nitrogen and oxygen atoms in total. The third kappa shape index (κ3) is 3.22. The molecule has 1 amide bonds.